The molecule has 0 amide bonds. The summed E-state index contributed by atoms with van der Waals surface area (Å²) in [5.74, 6) is 0.842. The summed E-state index contributed by atoms with van der Waals surface area (Å²) in [7, 11) is 0. The van der Waals surface area contributed by atoms with Gasteiger partial charge in [-0.1, -0.05) is 168 Å². The molecule has 55 heavy (non-hydrogen) atoms. The van der Waals surface area contributed by atoms with E-state index in [1.54, 1.807) is 0 Å². The van der Waals surface area contributed by atoms with Crippen LogP contribution in [-0.4, -0.2) is 68.1 Å². The first-order valence-corrected chi connectivity index (χ1v) is 24.2. The minimum Gasteiger partial charge on any atom is -0.466 e. The van der Waals surface area contributed by atoms with Gasteiger partial charge < -0.3 is 19.5 Å². The van der Waals surface area contributed by atoms with E-state index in [-0.39, 0.29) is 31.1 Å². The number of halogens is 1. The van der Waals surface area contributed by atoms with Crippen LogP contribution in [0.5, 0.6) is 0 Å². The lowest BCUT2D eigenvalue weighted by Crippen LogP contribution is -2.27. The lowest BCUT2D eigenvalue weighted by Gasteiger charge is -2.22. The Morgan fingerprint density at radius 1 is 0.509 bits per heavy atom. The van der Waals surface area contributed by atoms with Crippen LogP contribution in [-0.2, 0) is 19.1 Å². The number of ether oxygens (including phenoxy) is 2. The van der Waals surface area contributed by atoms with Gasteiger partial charge >= 0.3 is 11.9 Å². The molecule has 0 rings (SSSR count). The van der Waals surface area contributed by atoms with E-state index < -0.39 is 0 Å². The maximum absolute atomic E-state index is 13.0. The molecule has 7 heteroatoms. The molecule has 0 bridgehead atoms. The third-order valence-corrected chi connectivity index (χ3v) is 11.2. The van der Waals surface area contributed by atoms with Crippen LogP contribution in [0.3, 0.4) is 0 Å². The third-order valence-electron chi connectivity index (χ3n) is 11.2. The van der Waals surface area contributed by atoms with Crippen LogP contribution in [0.25, 0.3) is 0 Å². The van der Waals surface area contributed by atoms with Crippen LogP contribution < -0.4 is 0 Å². The molecule has 1 unspecified atom stereocenters. The Bertz CT molecular complexity index is 796. The number of rotatable bonds is 45. The second-order valence-electron chi connectivity index (χ2n) is 17.1. The Hall–Kier alpha value is -1.21. The zero-order valence-corrected chi connectivity index (χ0v) is 37.1. The Labute approximate surface area is 341 Å². The van der Waals surface area contributed by atoms with Crippen molar-refractivity contribution in [1.82, 2.24) is 4.90 Å². The average molecular weight is 784 g/mol. The van der Waals surface area contributed by atoms with Gasteiger partial charge in [0.15, 0.2) is 0 Å². The van der Waals surface area contributed by atoms with E-state index >= 15 is 0 Å². The van der Waals surface area contributed by atoms with Gasteiger partial charge in [0.1, 0.15) is 0 Å². The van der Waals surface area contributed by atoms with Gasteiger partial charge in [-0.3, -0.25) is 14.0 Å². The van der Waals surface area contributed by atoms with Crippen LogP contribution in [0.4, 0.5) is 4.39 Å². The minimum atomic E-state index is -0.208. The summed E-state index contributed by atoms with van der Waals surface area (Å²) in [4.78, 5) is 27.6. The van der Waals surface area contributed by atoms with Crippen molar-refractivity contribution < 1.29 is 28.6 Å². The summed E-state index contributed by atoms with van der Waals surface area (Å²) in [5.41, 5.74) is 0. The van der Waals surface area contributed by atoms with Crippen molar-refractivity contribution in [3.63, 3.8) is 0 Å². The van der Waals surface area contributed by atoms with Crippen molar-refractivity contribution in [3.8, 4) is 0 Å². The molecule has 0 saturated carbocycles. The molecule has 1 atom stereocenters. The van der Waals surface area contributed by atoms with E-state index in [9.17, 15) is 19.1 Å². The van der Waals surface area contributed by atoms with E-state index in [0.717, 1.165) is 128 Å². The molecule has 0 fully saturated rings. The Morgan fingerprint density at radius 2 is 0.927 bits per heavy atom. The number of aliphatic hydroxyl groups is 1. The highest BCUT2D eigenvalue weighted by Gasteiger charge is 2.19. The SMILES string of the molecule is CCCCCCCCC(CCCCCCCCF)C(=O)OCCCCCCCN(CCCCO)CCCCCCCOC(=O)CCCCCCCCC(C)C. The zero-order chi connectivity index (χ0) is 40.3. The predicted octanol–water partition coefficient (Wildman–Crippen LogP) is 13.9. The second kappa shape index (κ2) is 43.9. The first kappa shape index (κ1) is 53.8. The van der Waals surface area contributed by atoms with Gasteiger partial charge in [-0.05, 0) is 89.8 Å². The summed E-state index contributed by atoms with van der Waals surface area (Å²) in [5, 5.41) is 9.28. The molecule has 0 aliphatic carbocycles. The molecule has 0 spiro atoms. The summed E-state index contributed by atoms with van der Waals surface area (Å²) in [6, 6.07) is 0. The molecular weight excluding hydrogens is 690 g/mol. The number of carbonyl (C=O) groups excluding carboxylic acids is 2. The van der Waals surface area contributed by atoms with Crippen molar-refractivity contribution in [3.05, 3.63) is 0 Å². The molecule has 0 radical (unpaired) electrons. The summed E-state index contributed by atoms with van der Waals surface area (Å²) in [6.45, 7) is 11.3. The predicted molar refractivity (Wildman–Crippen MR) is 232 cm³/mol. The average Bonchev–Trinajstić information content (AvgIpc) is 3.17. The molecule has 6 nitrogen and oxygen atoms in total. The second-order valence-corrected chi connectivity index (χ2v) is 17.1. The van der Waals surface area contributed by atoms with E-state index in [4.69, 9.17) is 9.47 Å². The highest BCUT2D eigenvalue weighted by molar-refractivity contribution is 5.72. The zero-order valence-electron chi connectivity index (χ0n) is 37.1. The summed E-state index contributed by atoms with van der Waals surface area (Å²) < 4.78 is 23.6. The number of hydrogen-bond acceptors (Lipinski definition) is 6. The topological polar surface area (TPSA) is 76.1 Å². The standard InChI is InChI=1S/C48H94FNO5/c1-4-5-6-7-15-24-35-46(36-25-16-10-11-18-27-38-49)48(53)55-44-33-22-13-20-29-40-50(41-30-31-42-51)39-28-19-12-21-32-43-54-47(52)37-26-17-9-8-14-23-34-45(2)3/h45-46,51H,4-44H2,1-3H3. The highest BCUT2D eigenvalue weighted by Crippen LogP contribution is 2.21. The fourth-order valence-corrected chi connectivity index (χ4v) is 7.54. The maximum atomic E-state index is 13.0. The van der Waals surface area contributed by atoms with Crippen molar-refractivity contribution in [1.29, 1.82) is 0 Å². The number of esters is 2. The van der Waals surface area contributed by atoms with Crippen LogP contribution in [0.1, 0.15) is 239 Å². The summed E-state index contributed by atoms with van der Waals surface area (Å²) in [6.07, 6.45) is 37.8. The smallest absolute Gasteiger partial charge is 0.308 e. The lowest BCUT2D eigenvalue weighted by atomic mass is 9.94. The number of nitrogens with zero attached hydrogens (tertiary/aromatic N) is 1. The Kier molecular flexibility index (Phi) is 42.9. The number of aliphatic hydroxyl groups excluding tert-OH is 1. The largest absolute Gasteiger partial charge is 0.466 e. The van der Waals surface area contributed by atoms with E-state index in [1.165, 1.54) is 103 Å². The molecule has 328 valence electrons. The Balaban J connectivity index is 4.08. The molecular formula is C48H94FNO5. The molecule has 0 aliphatic heterocycles. The van der Waals surface area contributed by atoms with Gasteiger partial charge in [-0.2, -0.15) is 0 Å². The molecule has 1 N–H and O–H groups in total. The van der Waals surface area contributed by atoms with Gasteiger partial charge in [0, 0.05) is 13.0 Å². The van der Waals surface area contributed by atoms with Crippen LogP contribution >= 0.6 is 0 Å². The van der Waals surface area contributed by atoms with E-state index in [0.29, 0.717) is 26.1 Å². The van der Waals surface area contributed by atoms with Crippen molar-refractivity contribution >= 4 is 11.9 Å². The molecule has 0 aromatic carbocycles. The molecule has 0 saturated heterocycles. The first-order valence-electron chi connectivity index (χ1n) is 24.2. The fraction of sp³-hybridized carbons (Fsp3) is 0.958. The van der Waals surface area contributed by atoms with Gasteiger partial charge in [0.2, 0.25) is 0 Å². The van der Waals surface area contributed by atoms with E-state index in [1.807, 2.05) is 0 Å². The highest BCUT2D eigenvalue weighted by atomic mass is 19.1. The molecule has 0 heterocycles. The van der Waals surface area contributed by atoms with Crippen LogP contribution in [0.2, 0.25) is 0 Å². The fourth-order valence-electron chi connectivity index (χ4n) is 7.54. The number of hydrogen-bond donors (Lipinski definition) is 1. The number of carbonyl (C=O) groups is 2. The molecule has 0 aromatic heterocycles. The van der Waals surface area contributed by atoms with E-state index in [2.05, 4.69) is 25.7 Å². The van der Waals surface area contributed by atoms with Gasteiger partial charge in [-0.25, -0.2) is 0 Å². The van der Waals surface area contributed by atoms with Gasteiger partial charge in [0.25, 0.3) is 0 Å². The number of unbranched alkanes of at least 4 members (excludes halogenated alkanes) is 24. The van der Waals surface area contributed by atoms with Crippen molar-refractivity contribution in [2.75, 3.05) is 46.1 Å². The lowest BCUT2D eigenvalue weighted by molar-refractivity contribution is -0.149. The summed E-state index contributed by atoms with van der Waals surface area (Å²) >= 11 is 0. The van der Waals surface area contributed by atoms with Gasteiger partial charge in [0.05, 0.1) is 25.8 Å². The monoisotopic (exact) mass is 784 g/mol. The van der Waals surface area contributed by atoms with Crippen LogP contribution in [0, 0.1) is 11.8 Å². The third kappa shape index (κ3) is 40.8. The molecule has 0 aromatic rings. The van der Waals surface area contributed by atoms with Crippen molar-refractivity contribution in [2.24, 2.45) is 11.8 Å². The minimum absolute atomic E-state index is 0.0205. The Morgan fingerprint density at radius 3 is 1.44 bits per heavy atom. The first-order chi connectivity index (χ1) is 26.9. The van der Waals surface area contributed by atoms with Crippen molar-refractivity contribution in [2.45, 2.75) is 239 Å². The number of alkyl halides is 1. The van der Waals surface area contributed by atoms with Crippen LogP contribution in [0.15, 0.2) is 0 Å². The maximum Gasteiger partial charge on any atom is 0.308 e. The van der Waals surface area contributed by atoms with Gasteiger partial charge in [-0.15, -0.1) is 0 Å². The normalized spacial score (nSPS) is 12.2. The quantitative estimate of drug-likeness (QED) is 0.0490. The molecule has 0 aliphatic rings.